The maximum atomic E-state index is 13.7. The zero-order valence-electron chi connectivity index (χ0n) is 26.0. The van der Waals surface area contributed by atoms with Gasteiger partial charge in [0.1, 0.15) is 11.1 Å². The van der Waals surface area contributed by atoms with Crippen LogP contribution in [0.2, 0.25) is 0 Å². The van der Waals surface area contributed by atoms with Crippen molar-refractivity contribution in [3.05, 3.63) is 37.7 Å². The van der Waals surface area contributed by atoms with Crippen molar-refractivity contribution in [1.82, 2.24) is 29.2 Å². The van der Waals surface area contributed by atoms with Gasteiger partial charge in [-0.25, -0.2) is 9.78 Å². The van der Waals surface area contributed by atoms with Gasteiger partial charge in [0.25, 0.3) is 0 Å². The molecule has 4 aromatic rings. The van der Waals surface area contributed by atoms with E-state index in [-0.39, 0.29) is 23.7 Å². The fraction of sp³-hybridized carbons (Fsp3) is 0.545. The van der Waals surface area contributed by atoms with E-state index in [2.05, 4.69) is 16.9 Å². The first kappa shape index (κ1) is 29.2. The zero-order chi connectivity index (χ0) is 31.7. The van der Waals surface area contributed by atoms with E-state index in [0.29, 0.717) is 52.9 Å². The van der Waals surface area contributed by atoms with Crippen molar-refractivity contribution in [2.24, 2.45) is 7.05 Å². The number of aryl methyl sites for hydroxylation is 2. The van der Waals surface area contributed by atoms with Crippen LogP contribution in [0.5, 0.6) is 5.88 Å². The van der Waals surface area contributed by atoms with E-state index >= 15 is 0 Å². The van der Waals surface area contributed by atoms with E-state index < -0.39 is 11.5 Å². The molecule has 8 rings (SSSR count). The molecule has 6 heterocycles. The molecule has 46 heavy (non-hydrogen) atoms. The van der Waals surface area contributed by atoms with Gasteiger partial charge in [-0.15, -0.1) is 17.8 Å². The number of aromatic nitrogens is 5. The normalized spacial score (nSPS) is 25.0. The van der Waals surface area contributed by atoms with Gasteiger partial charge in [-0.2, -0.15) is 10.2 Å². The predicted octanol–water partition coefficient (Wildman–Crippen LogP) is 3.70. The van der Waals surface area contributed by atoms with Gasteiger partial charge in [-0.1, -0.05) is 11.1 Å². The Labute approximate surface area is 270 Å². The maximum Gasteiger partial charge on any atom is 0.330 e. The molecular formula is C33H36N8O4S. The van der Waals surface area contributed by atoms with Crippen LogP contribution in [-0.4, -0.2) is 68.1 Å². The van der Waals surface area contributed by atoms with Crippen LogP contribution in [0.3, 0.4) is 0 Å². The quantitative estimate of drug-likeness (QED) is 0.320. The second kappa shape index (κ2) is 11.0. The molecule has 4 aromatic heterocycles. The molecule has 2 aliphatic carbocycles. The molecule has 0 bridgehead atoms. The average Bonchev–Trinajstić information content (AvgIpc) is 3.88. The van der Waals surface area contributed by atoms with Crippen LogP contribution in [0.25, 0.3) is 22.7 Å². The van der Waals surface area contributed by atoms with Crippen molar-refractivity contribution >= 4 is 27.5 Å². The van der Waals surface area contributed by atoms with Crippen molar-refractivity contribution in [2.45, 2.75) is 81.4 Å². The topological polar surface area (TPSA) is 150 Å². The predicted molar refractivity (Wildman–Crippen MR) is 172 cm³/mol. The molecule has 238 valence electrons. The molecule has 0 saturated carbocycles. The Kier molecular flexibility index (Phi) is 6.98. The van der Waals surface area contributed by atoms with Crippen LogP contribution in [-0.2, 0) is 30.0 Å². The number of ether oxygens (including phenoxy) is 2. The molecule has 2 fully saturated rings. The molecule has 4 aliphatic rings. The van der Waals surface area contributed by atoms with Gasteiger partial charge >= 0.3 is 5.69 Å². The number of thiophene rings is 1. The third-order valence-corrected chi connectivity index (χ3v) is 11.6. The van der Waals surface area contributed by atoms with Crippen molar-refractivity contribution in [2.75, 3.05) is 32.5 Å². The van der Waals surface area contributed by atoms with Gasteiger partial charge in [-0.05, 0) is 76.9 Å². The monoisotopic (exact) mass is 640 g/mol. The molecule has 2 aliphatic heterocycles. The van der Waals surface area contributed by atoms with Gasteiger partial charge < -0.3 is 19.7 Å². The standard InChI is InChI=1S/C33H36N8O4S/c1-4-22(21-9-7-14-39(21)2)44-31-25-30(41(32(42)40(25)3)18-11-15-43-17-18)36-29(37-31)26-19-8-5-12-33(27(19)38-45-26)13-6-10-23-24(33)20(16-34)28(35)46-23/h1,18,21-22H,5-15,17,35H2,2-3H3/t18-,21+,22+,33+/m1/s1. The highest BCUT2D eigenvalue weighted by atomic mass is 32.1. The molecule has 4 atom stereocenters. The largest absolute Gasteiger partial charge is 0.458 e. The van der Waals surface area contributed by atoms with E-state index in [1.54, 1.807) is 11.6 Å². The SMILES string of the molecule is C#C[C@H](Oc1nc(-c2onc3c2CCC[C@@]32CCCc3sc(N)c(C#N)c32)nc2c1n(C)c(=O)n2[C@@H]1CCOC1)[C@@H]1CCCN1C. The highest BCUT2D eigenvalue weighted by Crippen LogP contribution is 2.54. The first-order valence-corrected chi connectivity index (χ1v) is 16.9. The van der Waals surface area contributed by atoms with E-state index in [9.17, 15) is 10.1 Å². The number of nitrogen functional groups attached to an aromatic ring is 1. The van der Waals surface area contributed by atoms with Crippen LogP contribution in [0.15, 0.2) is 9.32 Å². The minimum Gasteiger partial charge on any atom is -0.458 e. The Morgan fingerprint density at radius 2 is 2.02 bits per heavy atom. The Hall–Kier alpha value is -4.17. The number of rotatable bonds is 5. The number of hydrogen-bond acceptors (Lipinski definition) is 11. The number of fused-ring (bicyclic) bond motifs is 5. The summed E-state index contributed by atoms with van der Waals surface area (Å²) in [6.45, 7) is 1.92. The van der Waals surface area contributed by atoms with Crippen molar-refractivity contribution in [3.8, 4) is 35.9 Å². The second-order valence-electron chi connectivity index (χ2n) is 13.0. The third-order valence-electron chi connectivity index (χ3n) is 10.6. The fourth-order valence-electron chi connectivity index (χ4n) is 8.36. The number of imidazole rings is 1. The van der Waals surface area contributed by atoms with Gasteiger partial charge in [0.05, 0.1) is 29.9 Å². The lowest BCUT2D eigenvalue weighted by Crippen LogP contribution is -2.39. The number of terminal acetylenes is 1. The number of nitriles is 1. The van der Waals surface area contributed by atoms with E-state index in [1.165, 1.54) is 15.9 Å². The molecular weight excluding hydrogens is 604 g/mol. The molecule has 12 nitrogen and oxygen atoms in total. The summed E-state index contributed by atoms with van der Waals surface area (Å²) in [7, 11) is 3.75. The minimum atomic E-state index is -0.576. The second-order valence-corrected chi connectivity index (χ2v) is 14.2. The van der Waals surface area contributed by atoms with E-state index in [4.69, 9.17) is 41.3 Å². The van der Waals surface area contributed by atoms with Crippen LogP contribution in [0.4, 0.5) is 5.00 Å². The summed E-state index contributed by atoms with van der Waals surface area (Å²) in [6, 6.07) is 2.23. The summed E-state index contributed by atoms with van der Waals surface area (Å²) >= 11 is 1.52. The zero-order valence-corrected chi connectivity index (χ0v) is 26.9. The summed E-state index contributed by atoms with van der Waals surface area (Å²) in [6.07, 6.45) is 13.3. The molecule has 2 N–H and O–H groups in total. The number of nitrogens with two attached hydrogens (primary N) is 1. The molecule has 1 spiro atoms. The summed E-state index contributed by atoms with van der Waals surface area (Å²) in [5, 5.41) is 15.4. The minimum absolute atomic E-state index is 0.0200. The Balaban J connectivity index is 1.31. The molecule has 13 heteroatoms. The van der Waals surface area contributed by atoms with Gasteiger partial charge in [0.2, 0.25) is 17.5 Å². The number of nitrogens with zero attached hydrogens (tertiary/aromatic N) is 7. The highest BCUT2D eigenvalue weighted by Gasteiger charge is 2.48. The van der Waals surface area contributed by atoms with Gasteiger partial charge in [-0.3, -0.25) is 14.0 Å². The van der Waals surface area contributed by atoms with Crippen LogP contribution >= 0.6 is 11.3 Å². The lowest BCUT2D eigenvalue weighted by molar-refractivity contribution is 0.146. The summed E-state index contributed by atoms with van der Waals surface area (Å²) < 4.78 is 21.6. The van der Waals surface area contributed by atoms with Gasteiger partial charge in [0.15, 0.2) is 17.3 Å². The Bertz CT molecular complexity index is 2000. The van der Waals surface area contributed by atoms with Crippen molar-refractivity contribution in [3.63, 3.8) is 0 Å². The van der Waals surface area contributed by atoms with Crippen molar-refractivity contribution in [1.29, 1.82) is 5.26 Å². The Morgan fingerprint density at radius 1 is 1.20 bits per heavy atom. The van der Waals surface area contributed by atoms with Crippen LogP contribution in [0.1, 0.15) is 78.2 Å². The number of anilines is 1. The van der Waals surface area contributed by atoms with Crippen LogP contribution in [0, 0.1) is 23.7 Å². The molecule has 0 unspecified atom stereocenters. The van der Waals surface area contributed by atoms with Crippen LogP contribution < -0.4 is 16.2 Å². The smallest absolute Gasteiger partial charge is 0.330 e. The summed E-state index contributed by atoms with van der Waals surface area (Å²) in [5.41, 5.74) is 9.95. The summed E-state index contributed by atoms with van der Waals surface area (Å²) in [4.78, 5) is 27.0. The van der Waals surface area contributed by atoms with E-state index in [1.807, 2.05) is 7.05 Å². The lowest BCUT2D eigenvalue weighted by Gasteiger charge is -2.39. The molecule has 0 amide bonds. The average molecular weight is 641 g/mol. The summed E-state index contributed by atoms with van der Waals surface area (Å²) in [5.74, 6) is 3.83. The number of hydrogen-bond donors (Lipinski definition) is 1. The number of likely N-dealkylation sites (N-methyl/N-ethyl adjacent to an activating group) is 1. The first-order chi connectivity index (χ1) is 22.4. The van der Waals surface area contributed by atoms with Crippen molar-refractivity contribution < 1.29 is 14.0 Å². The Morgan fingerprint density at radius 3 is 2.74 bits per heavy atom. The maximum absolute atomic E-state index is 13.7. The fourth-order valence-corrected chi connectivity index (χ4v) is 9.53. The lowest BCUT2D eigenvalue weighted by atomic mass is 9.62. The first-order valence-electron chi connectivity index (χ1n) is 16.1. The van der Waals surface area contributed by atoms with E-state index in [0.717, 1.165) is 79.6 Å². The third kappa shape index (κ3) is 4.18. The molecule has 2 saturated heterocycles. The highest BCUT2D eigenvalue weighted by molar-refractivity contribution is 7.16. The van der Waals surface area contributed by atoms with Gasteiger partial charge in [0, 0.05) is 29.5 Å². The number of likely N-dealkylation sites (tertiary alicyclic amines) is 1. The molecule has 0 radical (unpaired) electrons. The molecule has 0 aromatic carbocycles.